The van der Waals surface area contributed by atoms with Gasteiger partial charge in [0.1, 0.15) is 5.82 Å². The van der Waals surface area contributed by atoms with Gasteiger partial charge in [-0.05, 0) is 42.8 Å². The molecule has 2 aromatic rings. The van der Waals surface area contributed by atoms with Crippen LogP contribution in [0.1, 0.15) is 18.9 Å². The van der Waals surface area contributed by atoms with Crippen molar-refractivity contribution in [2.45, 2.75) is 20.3 Å². The minimum absolute atomic E-state index is 0.0516. The molecule has 0 radical (unpaired) electrons. The van der Waals surface area contributed by atoms with Gasteiger partial charge in [0.2, 0.25) is 11.8 Å². The first-order valence-electron chi connectivity index (χ1n) is 7.47. The number of aryl methyl sites for hydroxylation is 1. The number of carbonyl (C=O) groups excluding carboxylic acids is 2. The van der Waals surface area contributed by atoms with Crippen LogP contribution in [0.15, 0.2) is 42.5 Å². The molecule has 0 aromatic heterocycles. The van der Waals surface area contributed by atoms with Crippen LogP contribution in [0.5, 0.6) is 0 Å². The minimum Gasteiger partial charge on any atom is -0.324 e. The summed E-state index contributed by atoms with van der Waals surface area (Å²) in [4.78, 5) is 25.4. The van der Waals surface area contributed by atoms with E-state index in [4.69, 9.17) is 11.6 Å². The number of nitrogens with one attached hydrogen (secondary N) is 1. The molecule has 0 saturated carbocycles. The van der Waals surface area contributed by atoms with Gasteiger partial charge in [0.15, 0.2) is 0 Å². The Bertz CT molecular complexity index is 764. The molecule has 0 fully saturated rings. The molecule has 24 heavy (non-hydrogen) atoms. The topological polar surface area (TPSA) is 49.4 Å². The third kappa shape index (κ3) is 4.55. The van der Waals surface area contributed by atoms with Gasteiger partial charge < -0.3 is 10.2 Å². The van der Waals surface area contributed by atoms with Gasteiger partial charge in [0.05, 0.1) is 5.69 Å². The Hall–Kier alpha value is -2.40. The zero-order valence-corrected chi connectivity index (χ0v) is 14.2. The highest BCUT2D eigenvalue weighted by molar-refractivity contribution is 6.30. The number of benzene rings is 2. The minimum atomic E-state index is -0.497. The molecule has 0 bridgehead atoms. The Morgan fingerprint density at radius 3 is 2.54 bits per heavy atom. The average molecular weight is 349 g/mol. The first-order valence-corrected chi connectivity index (χ1v) is 7.85. The van der Waals surface area contributed by atoms with Crippen LogP contribution in [0.2, 0.25) is 5.02 Å². The third-order valence-electron chi connectivity index (χ3n) is 3.54. The summed E-state index contributed by atoms with van der Waals surface area (Å²) in [7, 11) is 0. The summed E-state index contributed by atoms with van der Waals surface area (Å²) in [5.74, 6) is -1.04. The highest BCUT2D eigenvalue weighted by Crippen LogP contribution is 2.24. The van der Waals surface area contributed by atoms with Crippen LogP contribution >= 0.6 is 11.6 Å². The quantitative estimate of drug-likeness (QED) is 0.881. The molecular formula is C18H18ClFN2O2. The van der Waals surface area contributed by atoms with Gasteiger partial charge in [-0.15, -0.1) is 0 Å². The van der Waals surface area contributed by atoms with E-state index in [1.165, 1.54) is 24.0 Å². The van der Waals surface area contributed by atoms with E-state index in [-0.39, 0.29) is 30.5 Å². The number of hydrogen-bond donors (Lipinski definition) is 1. The maximum absolute atomic E-state index is 13.5. The molecule has 4 nitrogen and oxygen atoms in total. The molecule has 0 heterocycles. The normalized spacial score (nSPS) is 10.3. The zero-order chi connectivity index (χ0) is 17.7. The summed E-state index contributed by atoms with van der Waals surface area (Å²) >= 11 is 5.93. The second kappa shape index (κ2) is 7.93. The molecule has 1 N–H and O–H groups in total. The number of nitrogens with zero attached hydrogens (tertiary/aromatic N) is 1. The van der Waals surface area contributed by atoms with Crippen LogP contribution < -0.4 is 10.2 Å². The largest absolute Gasteiger partial charge is 0.324 e. The monoisotopic (exact) mass is 348 g/mol. The number of rotatable bonds is 5. The SMILES string of the molecule is CC(=O)N(CCC(=O)Nc1ccccc1F)c1ccc(Cl)cc1C. The molecule has 0 spiro atoms. The maximum atomic E-state index is 13.5. The number of amides is 2. The zero-order valence-electron chi connectivity index (χ0n) is 13.5. The van der Waals surface area contributed by atoms with Crippen molar-refractivity contribution < 1.29 is 14.0 Å². The highest BCUT2D eigenvalue weighted by Gasteiger charge is 2.16. The number of para-hydroxylation sites is 1. The molecule has 6 heteroatoms. The number of carbonyl (C=O) groups is 2. The van der Waals surface area contributed by atoms with Gasteiger partial charge in [-0.2, -0.15) is 0 Å². The van der Waals surface area contributed by atoms with Crippen LogP contribution in [0.25, 0.3) is 0 Å². The van der Waals surface area contributed by atoms with Crippen molar-refractivity contribution in [3.05, 3.63) is 58.9 Å². The van der Waals surface area contributed by atoms with Gasteiger partial charge in [0.25, 0.3) is 0 Å². The number of hydrogen-bond acceptors (Lipinski definition) is 2. The molecule has 0 atom stereocenters. The number of halogens is 2. The van der Waals surface area contributed by atoms with E-state index < -0.39 is 5.82 Å². The molecule has 2 amide bonds. The lowest BCUT2D eigenvalue weighted by Crippen LogP contribution is -2.32. The second-order valence-corrected chi connectivity index (χ2v) is 5.82. The van der Waals surface area contributed by atoms with E-state index in [1.54, 1.807) is 30.3 Å². The van der Waals surface area contributed by atoms with Crippen LogP contribution in [0, 0.1) is 12.7 Å². The molecule has 2 rings (SSSR count). The van der Waals surface area contributed by atoms with Crippen LogP contribution in [-0.2, 0) is 9.59 Å². The molecule has 0 aliphatic heterocycles. The predicted octanol–water partition coefficient (Wildman–Crippen LogP) is 4.17. The maximum Gasteiger partial charge on any atom is 0.226 e. The fourth-order valence-corrected chi connectivity index (χ4v) is 2.58. The second-order valence-electron chi connectivity index (χ2n) is 5.38. The van der Waals surface area contributed by atoms with E-state index in [9.17, 15) is 14.0 Å². The van der Waals surface area contributed by atoms with Gasteiger partial charge in [-0.1, -0.05) is 23.7 Å². The lowest BCUT2D eigenvalue weighted by molar-refractivity contribution is -0.117. The van der Waals surface area contributed by atoms with Crippen molar-refractivity contribution in [1.82, 2.24) is 0 Å². The molecule has 0 saturated heterocycles. The predicted molar refractivity (Wildman–Crippen MR) is 93.9 cm³/mol. The van der Waals surface area contributed by atoms with Crippen LogP contribution in [-0.4, -0.2) is 18.4 Å². The van der Waals surface area contributed by atoms with Crippen LogP contribution in [0.3, 0.4) is 0 Å². The smallest absolute Gasteiger partial charge is 0.226 e. The summed E-state index contributed by atoms with van der Waals surface area (Å²) in [5, 5.41) is 3.09. The van der Waals surface area contributed by atoms with Crippen molar-refractivity contribution >= 4 is 34.8 Å². The van der Waals surface area contributed by atoms with Crippen molar-refractivity contribution in [1.29, 1.82) is 0 Å². The van der Waals surface area contributed by atoms with E-state index >= 15 is 0 Å². The lowest BCUT2D eigenvalue weighted by Gasteiger charge is -2.23. The molecular weight excluding hydrogens is 331 g/mol. The molecule has 126 valence electrons. The molecule has 0 aliphatic rings. The summed E-state index contributed by atoms with van der Waals surface area (Å²) < 4.78 is 13.5. The first kappa shape index (κ1) is 17.9. The summed E-state index contributed by atoms with van der Waals surface area (Å²) in [6.07, 6.45) is 0.0516. The fourth-order valence-electron chi connectivity index (χ4n) is 2.36. The molecule has 0 unspecified atom stereocenters. The molecule has 2 aromatic carbocycles. The van der Waals surface area contributed by atoms with Gasteiger partial charge >= 0.3 is 0 Å². The highest BCUT2D eigenvalue weighted by atomic mass is 35.5. The fraction of sp³-hybridized carbons (Fsp3) is 0.222. The summed E-state index contributed by atoms with van der Waals surface area (Å²) in [5.41, 5.74) is 1.66. The lowest BCUT2D eigenvalue weighted by atomic mass is 10.1. The van der Waals surface area contributed by atoms with E-state index in [2.05, 4.69) is 5.32 Å². The summed E-state index contributed by atoms with van der Waals surface area (Å²) in [6.45, 7) is 3.47. The van der Waals surface area contributed by atoms with Crippen molar-refractivity contribution in [2.75, 3.05) is 16.8 Å². The van der Waals surface area contributed by atoms with E-state index in [0.29, 0.717) is 10.7 Å². The average Bonchev–Trinajstić information content (AvgIpc) is 2.51. The third-order valence-corrected chi connectivity index (χ3v) is 3.78. The standard InChI is InChI=1S/C18H18ClFN2O2/c1-12-11-14(19)7-8-17(12)22(13(2)23)10-9-18(24)21-16-6-4-3-5-15(16)20/h3-8,11H,9-10H2,1-2H3,(H,21,24). The Kier molecular flexibility index (Phi) is 5.93. The Morgan fingerprint density at radius 2 is 1.92 bits per heavy atom. The van der Waals surface area contributed by atoms with Crippen molar-refractivity contribution in [3.8, 4) is 0 Å². The van der Waals surface area contributed by atoms with E-state index in [1.807, 2.05) is 6.92 Å². The van der Waals surface area contributed by atoms with Crippen LogP contribution in [0.4, 0.5) is 15.8 Å². The number of anilines is 2. The molecule has 0 aliphatic carbocycles. The Morgan fingerprint density at radius 1 is 1.21 bits per heavy atom. The Balaban J connectivity index is 2.05. The van der Waals surface area contributed by atoms with Crippen molar-refractivity contribution in [2.24, 2.45) is 0 Å². The van der Waals surface area contributed by atoms with Crippen molar-refractivity contribution in [3.63, 3.8) is 0 Å². The van der Waals surface area contributed by atoms with Gasteiger partial charge in [0, 0.05) is 30.6 Å². The summed E-state index contributed by atoms with van der Waals surface area (Å²) in [6, 6.07) is 11.1. The van der Waals surface area contributed by atoms with Gasteiger partial charge in [-0.3, -0.25) is 9.59 Å². The first-order chi connectivity index (χ1) is 11.4. The van der Waals surface area contributed by atoms with E-state index in [0.717, 1.165) is 5.56 Å². The van der Waals surface area contributed by atoms with Gasteiger partial charge in [-0.25, -0.2) is 4.39 Å². The Labute approximate surface area is 145 Å².